The number of likely N-dealkylation sites (tertiary alicyclic amines) is 1. The summed E-state index contributed by atoms with van der Waals surface area (Å²) in [5.74, 6) is 0.824. The SMILES string of the molecule is CO[C@@H]1CN(CCCNc2nc(O)c3ccccc3n2)CC[C@@H]1NC(=O)c1cc(Cl)cc2c1OC(C)(C)C2. The van der Waals surface area contributed by atoms with Crippen LogP contribution in [-0.2, 0) is 11.2 Å². The number of rotatable bonds is 8. The van der Waals surface area contributed by atoms with Gasteiger partial charge in [0.2, 0.25) is 11.8 Å². The van der Waals surface area contributed by atoms with Crippen LogP contribution in [0.5, 0.6) is 11.6 Å². The first-order chi connectivity index (χ1) is 18.2. The lowest BCUT2D eigenvalue weighted by atomic mass is 9.99. The summed E-state index contributed by atoms with van der Waals surface area (Å²) < 4.78 is 11.9. The first kappa shape index (κ1) is 26.5. The molecule has 5 rings (SSSR count). The lowest BCUT2D eigenvalue weighted by molar-refractivity contribution is 0.00634. The van der Waals surface area contributed by atoms with Crippen LogP contribution in [0.1, 0.15) is 42.6 Å². The Hall–Kier alpha value is -3.14. The molecule has 0 bridgehead atoms. The topological polar surface area (TPSA) is 109 Å². The summed E-state index contributed by atoms with van der Waals surface area (Å²) in [7, 11) is 1.68. The Morgan fingerprint density at radius 2 is 2.11 bits per heavy atom. The van der Waals surface area contributed by atoms with Crippen LogP contribution >= 0.6 is 11.6 Å². The minimum atomic E-state index is -0.363. The van der Waals surface area contributed by atoms with Crippen molar-refractivity contribution in [2.24, 2.45) is 0 Å². The summed E-state index contributed by atoms with van der Waals surface area (Å²) in [6.07, 6.45) is 2.22. The van der Waals surface area contributed by atoms with Crippen molar-refractivity contribution in [3.05, 3.63) is 52.5 Å². The van der Waals surface area contributed by atoms with Crippen molar-refractivity contribution < 1.29 is 19.4 Å². The van der Waals surface area contributed by atoms with Gasteiger partial charge in [-0.1, -0.05) is 23.7 Å². The van der Waals surface area contributed by atoms with E-state index in [9.17, 15) is 9.90 Å². The smallest absolute Gasteiger partial charge is 0.255 e. The maximum absolute atomic E-state index is 13.3. The van der Waals surface area contributed by atoms with Crippen molar-refractivity contribution in [1.82, 2.24) is 20.2 Å². The zero-order valence-electron chi connectivity index (χ0n) is 22.0. The number of ether oxygens (including phenoxy) is 2. The molecule has 2 aliphatic heterocycles. The number of halogens is 1. The van der Waals surface area contributed by atoms with Crippen LogP contribution in [0, 0.1) is 0 Å². The number of aromatic nitrogens is 2. The number of anilines is 1. The third kappa shape index (κ3) is 5.80. The third-order valence-electron chi connectivity index (χ3n) is 7.15. The van der Waals surface area contributed by atoms with Gasteiger partial charge in [0.15, 0.2) is 0 Å². The van der Waals surface area contributed by atoms with E-state index in [0.29, 0.717) is 52.7 Å². The quantitative estimate of drug-likeness (QED) is 0.368. The van der Waals surface area contributed by atoms with Crippen molar-refractivity contribution in [2.75, 3.05) is 38.6 Å². The summed E-state index contributed by atoms with van der Waals surface area (Å²) in [4.78, 5) is 24.2. The molecule has 1 fully saturated rings. The number of nitrogens with zero attached hydrogens (tertiary/aromatic N) is 3. The normalized spacial score (nSPS) is 20.6. The highest BCUT2D eigenvalue weighted by Crippen LogP contribution is 2.39. The van der Waals surface area contributed by atoms with Gasteiger partial charge in [0.25, 0.3) is 5.91 Å². The molecule has 2 aromatic carbocycles. The molecular formula is C28H34ClN5O4. The number of carbonyl (C=O) groups excluding carboxylic acids is 1. The molecule has 2 atom stereocenters. The van der Waals surface area contributed by atoms with Crippen LogP contribution in [0.4, 0.5) is 5.95 Å². The predicted octanol–water partition coefficient (Wildman–Crippen LogP) is 4.02. The largest absolute Gasteiger partial charge is 0.493 e. The second-order valence-corrected chi connectivity index (χ2v) is 11.0. The van der Waals surface area contributed by atoms with E-state index in [4.69, 9.17) is 21.1 Å². The highest BCUT2D eigenvalue weighted by Gasteiger charge is 2.36. The molecule has 3 heterocycles. The maximum Gasteiger partial charge on any atom is 0.255 e. The van der Waals surface area contributed by atoms with Crippen LogP contribution in [0.25, 0.3) is 10.9 Å². The second-order valence-electron chi connectivity index (χ2n) is 10.6. The Labute approximate surface area is 227 Å². The molecule has 2 aliphatic rings. The molecular weight excluding hydrogens is 506 g/mol. The van der Waals surface area contributed by atoms with Gasteiger partial charge in [0.1, 0.15) is 11.4 Å². The molecule has 0 saturated carbocycles. The van der Waals surface area contributed by atoms with E-state index in [-0.39, 0.29) is 29.5 Å². The fourth-order valence-electron chi connectivity index (χ4n) is 5.32. The average Bonchev–Trinajstić information content (AvgIpc) is 3.20. The van der Waals surface area contributed by atoms with Crippen LogP contribution < -0.4 is 15.4 Å². The predicted molar refractivity (Wildman–Crippen MR) is 147 cm³/mol. The van der Waals surface area contributed by atoms with Gasteiger partial charge in [-0.25, -0.2) is 4.98 Å². The lowest BCUT2D eigenvalue weighted by Gasteiger charge is -2.38. The lowest BCUT2D eigenvalue weighted by Crippen LogP contribution is -2.55. The van der Waals surface area contributed by atoms with Crippen molar-refractivity contribution in [3.63, 3.8) is 0 Å². The number of fused-ring (bicyclic) bond motifs is 2. The molecule has 9 nitrogen and oxygen atoms in total. The Morgan fingerprint density at radius 1 is 1.29 bits per heavy atom. The van der Waals surface area contributed by atoms with Gasteiger partial charge in [-0.05, 0) is 57.5 Å². The van der Waals surface area contributed by atoms with Crippen molar-refractivity contribution in [2.45, 2.75) is 50.9 Å². The summed E-state index contributed by atoms with van der Waals surface area (Å²) >= 11 is 6.32. The Bertz CT molecular complexity index is 1330. The first-order valence-electron chi connectivity index (χ1n) is 13.0. The minimum Gasteiger partial charge on any atom is -0.493 e. The molecule has 0 unspecified atom stereocenters. The van der Waals surface area contributed by atoms with Gasteiger partial charge in [0, 0.05) is 43.8 Å². The molecule has 0 radical (unpaired) electrons. The highest BCUT2D eigenvalue weighted by atomic mass is 35.5. The van der Waals surface area contributed by atoms with E-state index in [1.807, 2.05) is 38.1 Å². The molecule has 3 N–H and O–H groups in total. The van der Waals surface area contributed by atoms with E-state index >= 15 is 0 Å². The number of methoxy groups -OCH3 is 1. The molecule has 38 heavy (non-hydrogen) atoms. The average molecular weight is 540 g/mol. The number of amides is 1. The van der Waals surface area contributed by atoms with Gasteiger partial charge in [-0.15, -0.1) is 0 Å². The summed E-state index contributed by atoms with van der Waals surface area (Å²) in [5, 5.41) is 17.7. The highest BCUT2D eigenvalue weighted by molar-refractivity contribution is 6.31. The van der Waals surface area contributed by atoms with Gasteiger partial charge in [0.05, 0.1) is 28.6 Å². The minimum absolute atomic E-state index is 0.0249. The Kier molecular flexibility index (Phi) is 7.61. The first-order valence-corrected chi connectivity index (χ1v) is 13.4. The number of para-hydroxylation sites is 1. The van der Waals surface area contributed by atoms with E-state index < -0.39 is 0 Å². The molecule has 1 saturated heterocycles. The second kappa shape index (κ2) is 10.9. The number of hydrogen-bond donors (Lipinski definition) is 3. The van der Waals surface area contributed by atoms with Crippen LogP contribution in [0.3, 0.4) is 0 Å². The Balaban J connectivity index is 1.13. The van der Waals surface area contributed by atoms with E-state index in [1.54, 1.807) is 19.2 Å². The van der Waals surface area contributed by atoms with Gasteiger partial charge >= 0.3 is 0 Å². The van der Waals surface area contributed by atoms with Gasteiger partial charge in [-0.3, -0.25) is 4.79 Å². The Morgan fingerprint density at radius 3 is 2.92 bits per heavy atom. The molecule has 0 aliphatic carbocycles. The zero-order valence-corrected chi connectivity index (χ0v) is 22.7. The van der Waals surface area contributed by atoms with Crippen LogP contribution in [0.15, 0.2) is 36.4 Å². The standard InChI is InChI=1S/C28H34ClN5O4/c1-28(2)15-17-13-18(29)14-20(24(17)38-28)26(36)31-22-9-12-34(16-23(22)37-3)11-6-10-30-27-32-21-8-5-4-7-19(21)25(35)33-27/h4-5,7-8,13-14,22-23H,6,9-12,15-16H2,1-3H3,(H,31,36)(H2,30,32,33,35)/t22-,23+/m0/s1. The van der Waals surface area contributed by atoms with Gasteiger partial charge < -0.3 is 30.1 Å². The van der Waals surface area contributed by atoms with Crippen molar-refractivity contribution >= 4 is 34.4 Å². The number of hydrogen-bond acceptors (Lipinski definition) is 8. The molecule has 10 heteroatoms. The van der Waals surface area contributed by atoms with Crippen molar-refractivity contribution in [1.29, 1.82) is 0 Å². The number of benzene rings is 2. The monoisotopic (exact) mass is 539 g/mol. The van der Waals surface area contributed by atoms with E-state index in [2.05, 4.69) is 25.5 Å². The number of aromatic hydroxyl groups is 1. The summed E-state index contributed by atoms with van der Waals surface area (Å²) in [6, 6.07) is 10.8. The molecule has 0 spiro atoms. The fourth-order valence-corrected chi connectivity index (χ4v) is 5.56. The van der Waals surface area contributed by atoms with Crippen LogP contribution in [0.2, 0.25) is 5.02 Å². The number of piperidine rings is 1. The van der Waals surface area contributed by atoms with Crippen molar-refractivity contribution in [3.8, 4) is 11.6 Å². The maximum atomic E-state index is 13.3. The van der Waals surface area contributed by atoms with Crippen LogP contribution in [-0.4, -0.2) is 76.9 Å². The van der Waals surface area contributed by atoms with Gasteiger partial charge in [-0.2, -0.15) is 4.98 Å². The molecule has 1 aromatic heterocycles. The van der Waals surface area contributed by atoms with E-state index in [1.165, 1.54) is 0 Å². The summed E-state index contributed by atoms with van der Waals surface area (Å²) in [6.45, 7) is 7.10. The summed E-state index contributed by atoms with van der Waals surface area (Å²) in [5.41, 5.74) is 1.78. The molecule has 3 aromatic rings. The fraction of sp³-hybridized carbons (Fsp3) is 0.464. The number of nitrogens with one attached hydrogen (secondary N) is 2. The molecule has 1 amide bonds. The number of carbonyl (C=O) groups is 1. The zero-order chi connectivity index (χ0) is 26.9. The molecule has 202 valence electrons. The van der Waals surface area contributed by atoms with E-state index in [0.717, 1.165) is 31.5 Å². The third-order valence-corrected chi connectivity index (χ3v) is 7.37.